The van der Waals surface area contributed by atoms with Gasteiger partial charge < -0.3 is 60.5 Å². The number of aliphatic hydroxyl groups is 6. The van der Waals surface area contributed by atoms with Crippen LogP contribution in [0.2, 0.25) is 5.02 Å². The lowest BCUT2D eigenvalue weighted by Gasteiger charge is -2.40. The molecule has 5 atom stereocenters. The molecule has 0 spiro atoms. The van der Waals surface area contributed by atoms with Crippen molar-refractivity contribution in [1.29, 1.82) is 0 Å². The maximum absolute atomic E-state index is 10.9. The van der Waals surface area contributed by atoms with Crippen LogP contribution in [-0.2, 0) is 10.5 Å². The average molecular weight is 505 g/mol. The van der Waals surface area contributed by atoms with Crippen molar-refractivity contribution in [3.63, 3.8) is 0 Å². The third-order valence-corrected chi connectivity index (χ3v) is 5.91. The molecule has 1 saturated heterocycles. The molecule has 2 aromatic rings. The number of aromatic hydroxyl groups is 4. The highest BCUT2D eigenvalue weighted by atomic mass is 35.5. The Morgan fingerprint density at radius 3 is 2.06 bits per heavy atom. The van der Waals surface area contributed by atoms with Gasteiger partial charge in [0.2, 0.25) is 23.0 Å². The molecule has 0 amide bonds. The van der Waals surface area contributed by atoms with Crippen LogP contribution in [0.1, 0.15) is 29.7 Å². The van der Waals surface area contributed by atoms with Crippen LogP contribution in [0.5, 0.6) is 28.7 Å². The van der Waals surface area contributed by atoms with Gasteiger partial charge in [0, 0.05) is 10.6 Å². The summed E-state index contributed by atoms with van der Waals surface area (Å²) in [6, 6.07) is 3.44. The van der Waals surface area contributed by atoms with Gasteiger partial charge >= 0.3 is 0 Å². The number of halogens is 1. The van der Waals surface area contributed by atoms with E-state index in [1.165, 1.54) is 13.0 Å². The van der Waals surface area contributed by atoms with Crippen molar-refractivity contribution in [1.82, 2.24) is 0 Å². The molecule has 12 nitrogen and oxygen atoms in total. The molecule has 1 heterocycles. The number of aliphatic hydroxyl groups excluding tert-OH is 4. The fourth-order valence-corrected chi connectivity index (χ4v) is 4.04. The summed E-state index contributed by atoms with van der Waals surface area (Å²) < 4.78 is 10.4. The van der Waals surface area contributed by atoms with E-state index in [4.69, 9.17) is 21.1 Å². The Balaban J connectivity index is 2.14. The standard InChI is InChI=1S/C21H25ClO12/c1-2-33-20-16(28)13(25)11(14(26)17(20)29)21(31,32)8-5-7(3-4-9(8)22)19-18(30)15(27)12(24)10(6-23)34-19/h3-5,10,12,15,18-19,23-32H,2,6H2,1H3. The highest BCUT2D eigenvalue weighted by Crippen LogP contribution is 2.55. The predicted molar refractivity (Wildman–Crippen MR) is 114 cm³/mol. The summed E-state index contributed by atoms with van der Waals surface area (Å²) in [6.07, 6.45) is -7.65. The van der Waals surface area contributed by atoms with E-state index >= 15 is 0 Å². The summed E-state index contributed by atoms with van der Waals surface area (Å²) >= 11 is 6.11. The molecule has 2 aromatic carbocycles. The molecule has 5 unspecified atom stereocenters. The number of ether oxygens (including phenoxy) is 2. The van der Waals surface area contributed by atoms with Gasteiger partial charge in [0.1, 0.15) is 36.1 Å². The van der Waals surface area contributed by atoms with Crippen molar-refractivity contribution in [2.75, 3.05) is 13.2 Å². The first-order valence-electron chi connectivity index (χ1n) is 10.1. The molecule has 13 heteroatoms. The van der Waals surface area contributed by atoms with Gasteiger partial charge in [-0.1, -0.05) is 17.7 Å². The molecule has 1 fully saturated rings. The van der Waals surface area contributed by atoms with Gasteiger partial charge in [0.25, 0.3) is 0 Å². The summed E-state index contributed by atoms with van der Waals surface area (Å²) in [5, 5.41) is 102. The minimum atomic E-state index is -3.32. The number of hydrogen-bond acceptors (Lipinski definition) is 12. The smallest absolute Gasteiger partial charge is 0.226 e. The van der Waals surface area contributed by atoms with Crippen LogP contribution >= 0.6 is 11.6 Å². The zero-order chi connectivity index (χ0) is 25.5. The maximum Gasteiger partial charge on any atom is 0.226 e. The molecule has 10 N–H and O–H groups in total. The zero-order valence-electron chi connectivity index (χ0n) is 17.7. The first-order chi connectivity index (χ1) is 15.9. The minimum Gasteiger partial charge on any atom is -0.504 e. The van der Waals surface area contributed by atoms with Crippen molar-refractivity contribution >= 4 is 11.6 Å². The van der Waals surface area contributed by atoms with E-state index in [0.717, 1.165) is 12.1 Å². The van der Waals surface area contributed by atoms with E-state index in [-0.39, 0.29) is 17.2 Å². The molecular weight excluding hydrogens is 480 g/mol. The van der Waals surface area contributed by atoms with Crippen LogP contribution in [0, 0.1) is 0 Å². The Bertz CT molecular complexity index is 1030. The topological polar surface area (TPSA) is 221 Å². The fourth-order valence-electron chi connectivity index (χ4n) is 3.79. The Hall–Kier alpha value is -2.55. The SMILES string of the molecule is CCOc1c(O)c(O)c(C(O)(O)c2cc(C3OC(CO)C(O)C(O)C3O)ccc2Cl)c(O)c1O. The molecule has 188 valence electrons. The van der Waals surface area contributed by atoms with Gasteiger partial charge in [-0.05, 0) is 24.6 Å². The molecule has 0 aliphatic carbocycles. The number of phenols is 4. The minimum absolute atomic E-state index is 0.00198. The van der Waals surface area contributed by atoms with Crippen LogP contribution in [0.25, 0.3) is 0 Å². The highest BCUT2D eigenvalue weighted by Gasteiger charge is 2.45. The molecule has 0 bridgehead atoms. The molecular formula is C21H25ClO12. The normalized spacial score (nSPS) is 25.4. The second kappa shape index (κ2) is 9.60. The van der Waals surface area contributed by atoms with Crippen molar-refractivity contribution in [2.24, 2.45) is 0 Å². The van der Waals surface area contributed by atoms with Crippen LogP contribution in [-0.4, -0.2) is 88.7 Å². The maximum atomic E-state index is 10.9. The number of hydrogen-bond donors (Lipinski definition) is 10. The van der Waals surface area contributed by atoms with E-state index in [2.05, 4.69) is 0 Å². The first kappa shape index (κ1) is 26.1. The number of rotatable bonds is 6. The predicted octanol–water partition coefficient (Wildman–Crippen LogP) is -0.738. The van der Waals surface area contributed by atoms with Gasteiger partial charge in [-0.2, -0.15) is 0 Å². The summed E-state index contributed by atoms with van der Waals surface area (Å²) in [5.41, 5.74) is -1.71. The first-order valence-corrected chi connectivity index (χ1v) is 10.4. The lowest BCUT2D eigenvalue weighted by Crippen LogP contribution is -2.55. The van der Waals surface area contributed by atoms with Crippen molar-refractivity contribution in [2.45, 2.75) is 43.2 Å². The lowest BCUT2D eigenvalue weighted by molar-refractivity contribution is -0.231. The van der Waals surface area contributed by atoms with Crippen LogP contribution < -0.4 is 4.74 Å². The molecule has 1 aliphatic heterocycles. The second-order valence-corrected chi connectivity index (χ2v) is 8.10. The van der Waals surface area contributed by atoms with E-state index in [1.807, 2.05) is 0 Å². The number of benzene rings is 2. The molecule has 0 aromatic heterocycles. The zero-order valence-corrected chi connectivity index (χ0v) is 18.5. The Kier molecular flexibility index (Phi) is 7.36. The van der Waals surface area contributed by atoms with Crippen LogP contribution in [0.3, 0.4) is 0 Å². The molecule has 3 rings (SSSR count). The van der Waals surface area contributed by atoms with E-state index < -0.39 is 82.8 Å². The van der Waals surface area contributed by atoms with Gasteiger partial charge in [-0.25, -0.2) is 0 Å². The van der Waals surface area contributed by atoms with Gasteiger partial charge in [0.05, 0.1) is 13.2 Å². The highest BCUT2D eigenvalue weighted by molar-refractivity contribution is 6.31. The van der Waals surface area contributed by atoms with E-state index in [1.54, 1.807) is 0 Å². The van der Waals surface area contributed by atoms with Crippen molar-refractivity contribution in [3.8, 4) is 28.7 Å². The Labute approximate surface area is 197 Å². The van der Waals surface area contributed by atoms with Gasteiger partial charge in [-0.3, -0.25) is 0 Å². The molecule has 0 radical (unpaired) electrons. The quantitative estimate of drug-likeness (QED) is 0.133. The Morgan fingerprint density at radius 2 is 1.53 bits per heavy atom. The summed E-state index contributed by atoms with van der Waals surface area (Å²) in [7, 11) is 0. The summed E-state index contributed by atoms with van der Waals surface area (Å²) in [4.78, 5) is 0. The molecule has 1 aliphatic rings. The largest absolute Gasteiger partial charge is 0.504 e. The van der Waals surface area contributed by atoms with Gasteiger partial charge in [0.15, 0.2) is 11.5 Å². The summed E-state index contributed by atoms with van der Waals surface area (Å²) in [5.74, 6) is -8.63. The summed E-state index contributed by atoms with van der Waals surface area (Å²) in [6.45, 7) is 0.724. The monoisotopic (exact) mass is 504 g/mol. The third-order valence-electron chi connectivity index (χ3n) is 5.58. The van der Waals surface area contributed by atoms with Gasteiger partial charge in [-0.15, -0.1) is 0 Å². The van der Waals surface area contributed by atoms with E-state index in [9.17, 15) is 51.1 Å². The number of phenolic OH excluding ortho intramolecular Hbond substituents is 4. The molecule has 34 heavy (non-hydrogen) atoms. The van der Waals surface area contributed by atoms with Crippen LogP contribution in [0.15, 0.2) is 18.2 Å². The van der Waals surface area contributed by atoms with Crippen LogP contribution in [0.4, 0.5) is 0 Å². The van der Waals surface area contributed by atoms with Crippen molar-refractivity contribution in [3.05, 3.63) is 39.9 Å². The average Bonchev–Trinajstić information content (AvgIpc) is 2.79. The lowest BCUT2D eigenvalue weighted by atomic mass is 9.88. The van der Waals surface area contributed by atoms with Crippen molar-refractivity contribution < 1.29 is 60.5 Å². The van der Waals surface area contributed by atoms with E-state index in [0.29, 0.717) is 0 Å². The third kappa shape index (κ3) is 4.19. The molecule has 0 saturated carbocycles. The fraction of sp³-hybridized carbons (Fsp3) is 0.429. The second-order valence-electron chi connectivity index (χ2n) is 7.69. The Morgan fingerprint density at radius 1 is 0.941 bits per heavy atom.